The van der Waals surface area contributed by atoms with Gasteiger partial charge in [-0.05, 0) is 43.7 Å². The normalized spacial score (nSPS) is 17.1. The Morgan fingerprint density at radius 1 is 1.36 bits per heavy atom. The van der Waals surface area contributed by atoms with E-state index in [9.17, 15) is 10.1 Å². The van der Waals surface area contributed by atoms with Crippen LogP contribution in [0.15, 0.2) is 51.9 Å². The third-order valence-electron chi connectivity index (χ3n) is 3.79. The topological polar surface area (TPSA) is 85.3 Å². The molecule has 0 amide bonds. The van der Waals surface area contributed by atoms with E-state index in [1.807, 2.05) is 24.3 Å². The Morgan fingerprint density at radius 2 is 2.04 bits per heavy atom. The molecule has 1 atom stereocenters. The van der Waals surface area contributed by atoms with Crippen LogP contribution in [-0.2, 0) is 14.3 Å². The summed E-state index contributed by atoms with van der Waals surface area (Å²) >= 11 is 1.77. The number of esters is 1. The lowest BCUT2D eigenvalue weighted by Crippen LogP contribution is -2.25. The average Bonchev–Trinajstić information content (AvgIpc) is 2.60. The van der Waals surface area contributed by atoms with Gasteiger partial charge in [-0.2, -0.15) is 5.26 Å². The van der Waals surface area contributed by atoms with E-state index in [1.165, 1.54) is 0 Å². The van der Waals surface area contributed by atoms with E-state index >= 15 is 0 Å². The van der Waals surface area contributed by atoms with E-state index < -0.39 is 11.9 Å². The minimum Gasteiger partial charge on any atom is -0.463 e. The van der Waals surface area contributed by atoms with E-state index in [0.29, 0.717) is 11.3 Å². The highest BCUT2D eigenvalue weighted by atomic mass is 32.2. The molecule has 2 N–H and O–H groups in total. The van der Waals surface area contributed by atoms with Crippen molar-refractivity contribution < 1.29 is 14.3 Å². The number of nitrogens with two attached hydrogens (primary N) is 1. The number of nitrogens with zero attached hydrogens (tertiary/aromatic N) is 1. The Labute approximate surface area is 152 Å². The van der Waals surface area contributed by atoms with E-state index in [4.69, 9.17) is 15.2 Å². The average molecular weight is 358 g/mol. The van der Waals surface area contributed by atoms with Gasteiger partial charge in [0.2, 0.25) is 5.88 Å². The van der Waals surface area contributed by atoms with Crippen molar-refractivity contribution in [2.45, 2.75) is 38.0 Å². The van der Waals surface area contributed by atoms with Crippen molar-refractivity contribution in [3.05, 3.63) is 52.6 Å². The zero-order chi connectivity index (χ0) is 18.4. The predicted molar refractivity (Wildman–Crippen MR) is 97.4 cm³/mol. The molecule has 1 aromatic carbocycles. The fourth-order valence-corrected chi connectivity index (χ4v) is 3.43. The second-order valence-corrected chi connectivity index (χ2v) is 6.70. The van der Waals surface area contributed by atoms with Crippen molar-refractivity contribution in [2.24, 2.45) is 5.73 Å². The molecule has 2 rings (SSSR count). The summed E-state index contributed by atoms with van der Waals surface area (Å²) in [5.41, 5.74) is 7.24. The van der Waals surface area contributed by atoms with Gasteiger partial charge in [0, 0.05) is 4.90 Å². The number of carbonyl (C=O) groups excluding carboxylic acids is 1. The van der Waals surface area contributed by atoms with E-state index in [0.717, 1.165) is 22.6 Å². The maximum atomic E-state index is 12.4. The quantitative estimate of drug-likeness (QED) is 0.614. The standard InChI is InChI=1S/C19H22N2O3S/c1-4-10-25-14-8-6-13(7-9-14)17-15(11-20)18(21)24-12(3)16(17)19(22)23-5-2/h6-9,17H,4-5,10,21H2,1-3H3. The van der Waals surface area contributed by atoms with E-state index in [1.54, 1.807) is 25.6 Å². The SMILES string of the molecule is CCCSc1ccc(C2C(C#N)=C(N)OC(C)=C2C(=O)OCC)cc1. The first kappa shape index (κ1) is 18.9. The summed E-state index contributed by atoms with van der Waals surface area (Å²) in [6.07, 6.45) is 1.10. The minimum absolute atomic E-state index is 0.0301. The summed E-state index contributed by atoms with van der Waals surface area (Å²) in [6.45, 7) is 5.78. The van der Waals surface area contributed by atoms with Gasteiger partial charge >= 0.3 is 5.97 Å². The molecule has 0 radical (unpaired) electrons. The lowest BCUT2D eigenvalue weighted by molar-refractivity contribution is -0.139. The molecule has 6 heteroatoms. The largest absolute Gasteiger partial charge is 0.463 e. The van der Waals surface area contributed by atoms with Crippen LogP contribution < -0.4 is 5.73 Å². The van der Waals surface area contributed by atoms with Gasteiger partial charge in [0.05, 0.1) is 18.1 Å². The zero-order valence-corrected chi connectivity index (χ0v) is 15.5. The number of nitriles is 1. The van der Waals surface area contributed by atoms with Gasteiger partial charge in [-0.3, -0.25) is 0 Å². The Balaban J connectivity index is 2.45. The maximum Gasteiger partial charge on any atom is 0.338 e. The molecular weight excluding hydrogens is 336 g/mol. The molecule has 0 fully saturated rings. The third-order valence-corrected chi connectivity index (χ3v) is 5.01. The lowest BCUT2D eigenvalue weighted by Gasteiger charge is -2.26. The number of hydrogen-bond acceptors (Lipinski definition) is 6. The highest BCUT2D eigenvalue weighted by Gasteiger charge is 2.36. The summed E-state index contributed by atoms with van der Waals surface area (Å²) in [5, 5.41) is 9.53. The number of carbonyl (C=O) groups is 1. The first-order chi connectivity index (χ1) is 12.0. The van der Waals surface area contributed by atoms with Gasteiger partial charge in [-0.15, -0.1) is 11.8 Å². The Hall–Kier alpha value is -2.39. The van der Waals surface area contributed by atoms with Crippen LogP contribution in [0.2, 0.25) is 0 Å². The number of rotatable bonds is 6. The van der Waals surface area contributed by atoms with Crippen molar-refractivity contribution in [1.82, 2.24) is 0 Å². The zero-order valence-electron chi connectivity index (χ0n) is 14.7. The fourth-order valence-electron chi connectivity index (χ4n) is 2.66. The van der Waals surface area contributed by atoms with E-state index in [-0.39, 0.29) is 18.1 Å². The van der Waals surface area contributed by atoms with Gasteiger partial charge in [0.1, 0.15) is 17.4 Å². The minimum atomic E-state index is -0.581. The van der Waals surface area contributed by atoms with Crippen molar-refractivity contribution in [3.8, 4) is 6.07 Å². The number of allylic oxidation sites excluding steroid dienone is 2. The Kier molecular flexibility index (Phi) is 6.54. The monoisotopic (exact) mass is 358 g/mol. The molecule has 5 nitrogen and oxygen atoms in total. The molecule has 0 aliphatic carbocycles. The summed E-state index contributed by atoms with van der Waals surface area (Å²) in [5.74, 6) is 0.365. The van der Waals surface area contributed by atoms with Crippen LogP contribution in [0.1, 0.15) is 38.7 Å². The molecule has 0 saturated heterocycles. The molecule has 0 saturated carbocycles. The number of hydrogen-bond donors (Lipinski definition) is 1. The van der Waals surface area contributed by atoms with Gasteiger partial charge in [0.25, 0.3) is 0 Å². The van der Waals surface area contributed by atoms with Crippen molar-refractivity contribution in [2.75, 3.05) is 12.4 Å². The lowest BCUT2D eigenvalue weighted by atomic mass is 9.83. The predicted octanol–water partition coefficient (Wildman–Crippen LogP) is 3.83. The molecule has 0 bridgehead atoms. The first-order valence-corrected chi connectivity index (χ1v) is 9.20. The van der Waals surface area contributed by atoms with Crippen molar-refractivity contribution in [3.63, 3.8) is 0 Å². The number of benzene rings is 1. The molecule has 1 aliphatic heterocycles. The Morgan fingerprint density at radius 3 is 2.60 bits per heavy atom. The summed E-state index contributed by atoms with van der Waals surface area (Å²) in [7, 11) is 0. The summed E-state index contributed by atoms with van der Waals surface area (Å²) in [6, 6.07) is 9.91. The highest BCUT2D eigenvalue weighted by molar-refractivity contribution is 7.99. The van der Waals surface area contributed by atoms with Crippen LogP contribution in [0.3, 0.4) is 0 Å². The van der Waals surface area contributed by atoms with Gasteiger partial charge < -0.3 is 15.2 Å². The molecular formula is C19H22N2O3S. The van der Waals surface area contributed by atoms with Crippen LogP contribution in [0.4, 0.5) is 0 Å². The van der Waals surface area contributed by atoms with Crippen LogP contribution in [0.25, 0.3) is 0 Å². The van der Waals surface area contributed by atoms with Crippen molar-refractivity contribution >= 4 is 17.7 Å². The smallest absolute Gasteiger partial charge is 0.338 e. The van der Waals surface area contributed by atoms with E-state index in [2.05, 4.69) is 13.0 Å². The number of thioether (sulfide) groups is 1. The number of ether oxygens (including phenoxy) is 2. The second-order valence-electron chi connectivity index (χ2n) is 5.53. The van der Waals surface area contributed by atoms with Crippen LogP contribution in [0, 0.1) is 11.3 Å². The van der Waals surface area contributed by atoms with Crippen LogP contribution in [0.5, 0.6) is 0 Å². The summed E-state index contributed by atoms with van der Waals surface area (Å²) in [4.78, 5) is 13.6. The molecule has 25 heavy (non-hydrogen) atoms. The van der Waals surface area contributed by atoms with Gasteiger partial charge in [-0.1, -0.05) is 19.1 Å². The second kappa shape index (κ2) is 8.63. The van der Waals surface area contributed by atoms with Gasteiger partial charge in [0.15, 0.2) is 0 Å². The maximum absolute atomic E-state index is 12.4. The fraction of sp³-hybridized carbons (Fsp3) is 0.368. The Bertz CT molecular complexity index is 745. The first-order valence-electron chi connectivity index (χ1n) is 8.21. The molecule has 1 unspecified atom stereocenters. The molecule has 132 valence electrons. The van der Waals surface area contributed by atoms with Crippen LogP contribution >= 0.6 is 11.8 Å². The highest BCUT2D eigenvalue weighted by Crippen LogP contribution is 2.40. The molecule has 1 aliphatic rings. The molecule has 1 heterocycles. The molecule has 0 aromatic heterocycles. The molecule has 0 spiro atoms. The van der Waals surface area contributed by atoms with Crippen molar-refractivity contribution in [1.29, 1.82) is 5.26 Å². The van der Waals surface area contributed by atoms with Gasteiger partial charge in [-0.25, -0.2) is 4.79 Å². The van der Waals surface area contributed by atoms with Crippen LogP contribution in [-0.4, -0.2) is 18.3 Å². The summed E-state index contributed by atoms with van der Waals surface area (Å²) < 4.78 is 10.6. The third kappa shape index (κ3) is 4.18. The molecule has 1 aromatic rings.